The van der Waals surface area contributed by atoms with Crippen molar-refractivity contribution in [2.24, 2.45) is 17.3 Å². The highest BCUT2D eigenvalue weighted by atomic mass is 15.2. The van der Waals surface area contributed by atoms with E-state index in [-0.39, 0.29) is 7.43 Å². The van der Waals surface area contributed by atoms with Crippen LogP contribution in [0.4, 0.5) is 0 Å². The molecule has 1 aliphatic carbocycles. The van der Waals surface area contributed by atoms with Gasteiger partial charge in [0.05, 0.1) is 0 Å². The molecule has 1 saturated heterocycles. The van der Waals surface area contributed by atoms with Crippen molar-refractivity contribution in [1.29, 1.82) is 0 Å². The van der Waals surface area contributed by atoms with E-state index in [1.54, 1.807) is 0 Å². The summed E-state index contributed by atoms with van der Waals surface area (Å²) in [6, 6.07) is 0. The van der Waals surface area contributed by atoms with Crippen LogP contribution in [0.2, 0.25) is 0 Å². The maximum Gasteiger partial charge on any atom is 0.0125 e. The largest absolute Gasteiger partial charge is 0.298 e. The van der Waals surface area contributed by atoms with Crippen LogP contribution in [0, 0.1) is 17.3 Å². The highest BCUT2D eigenvalue weighted by molar-refractivity contribution is 4.97. The summed E-state index contributed by atoms with van der Waals surface area (Å²) < 4.78 is 0. The molecule has 0 aromatic carbocycles. The van der Waals surface area contributed by atoms with Crippen LogP contribution in [0.3, 0.4) is 0 Å². The fourth-order valence-corrected chi connectivity index (χ4v) is 4.15. The van der Waals surface area contributed by atoms with E-state index in [1.165, 1.54) is 38.8 Å². The molecule has 1 heterocycles. The van der Waals surface area contributed by atoms with Gasteiger partial charge in [-0.05, 0) is 76.8 Å². The number of nitrogens with zero attached hydrogens (tertiary/aromatic N) is 1. The third-order valence-electron chi connectivity index (χ3n) is 5.26. The van der Waals surface area contributed by atoms with Crippen LogP contribution >= 0.6 is 0 Å². The minimum Gasteiger partial charge on any atom is -0.298 e. The Balaban J connectivity index is 0.00000103. The van der Waals surface area contributed by atoms with Gasteiger partial charge in [-0.25, -0.2) is 0 Å². The Morgan fingerprint density at radius 1 is 1.00 bits per heavy atom. The molecule has 1 nitrogen and oxygen atoms in total. The molecule has 0 aromatic rings. The zero-order chi connectivity index (χ0) is 14.0. The Morgan fingerprint density at radius 3 is 1.79 bits per heavy atom. The van der Waals surface area contributed by atoms with Gasteiger partial charge in [0.15, 0.2) is 0 Å². The van der Waals surface area contributed by atoms with Gasteiger partial charge in [-0.2, -0.15) is 0 Å². The highest BCUT2D eigenvalue weighted by Gasteiger charge is 2.45. The number of hydrogen-bond acceptors (Lipinski definition) is 1. The molecule has 2 fully saturated rings. The summed E-state index contributed by atoms with van der Waals surface area (Å²) >= 11 is 0. The van der Waals surface area contributed by atoms with Crippen molar-refractivity contribution in [1.82, 2.24) is 4.90 Å². The molecule has 0 amide bonds. The summed E-state index contributed by atoms with van der Waals surface area (Å²) in [5, 5.41) is 0. The first-order valence-electron chi connectivity index (χ1n) is 8.08. The monoisotopic (exact) mass is 269 g/mol. The molecule has 0 bridgehead atoms. The van der Waals surface area contributed by atoms with E-state index in [2.05, 4.69) is 39.5 Å². The van der Waals surface area contributed by atoms with Gasteiger partial charge in [-0.1, -0.05) is 35.1 Å². The average Bonchev–Trinajstić information content (AvgIpc) is 2.56. The van der Waals surface area contributed by atoms with E-state index in [9.17, 15) is 0 Å². The van der Waals surface area contributed by atoms with Gasteiger partial charge in [0.25, 0.3) is 0 Å². The molecule has 1 saturated carbocycles. The smallest absolute Gasteiger partial charge is 0.0125 e. The molecule has 1 spiro atoms. The Bertz CT molecular complexity index is 243. The zero-order valence-corrected chi connectivity index (χ0v) is 13.8. The van der Waals surface area contributed by atoms with Crippen molar-refractivity contribution in [2.45, 2.75) is 87.1 Å². The van der Waals surface area contributed by atoms with Crippen LogP contribution in [0.1, 0.15) is 81.6 Å². The summed E-state index contributed by atoms with van der Waals surface area (Å²) in [6.07, 6.45) is 5.84. The van der Waals surface area contributed by atoms with Gasteiger partial charge < -0.3 is 0 Å². The van der Waals surface area contributed by atoms with E-state index < -0.39 is 0 Å². The molecular formula is C18H39N. The van der Waals surface area contributed by atoms with E-state index in [0.717, 1.165) is 11.8 Å². The van der Waals surface area contributed by atoms with E-state index in [1.807, 2.05) is 13.8 Å². The van der Waals surface area contributed by atoms with Crippen molar-refractivity contribution >= 4 is 0 Å². The predicted molar refractivity (Wildman–Crippen MR) is 88.6 cm³/mol. The molecule has 2 unspecified atom stereocenters. The maximum absolute atomic E-state index is 2.67. The molecule has 0 aromatic heterocycles. The standard InChI is InChI=1S/C15H29N.C2H6.CH4/c1-12-10-13(2)15(11-12)6-8-16(9-7-15)14(3,4)5;1-2;/h12-13H,6-11H2,1-5H3;1-2H3;1H4. The van der Waals surface area contributed by atoms with E-state index >= 15 is 0 Å². The average molecular weight is 270 g/mol. The second-order valence-electron chi connectivity index (χ2n) is 7.47. The minimum absolute atomic E-state index is 0. The quantitative estimate of drug-likeness (QED) is 0.553. The lowest BCUT2D eigenvalue weighted by Gasteiger charge is -2.47. The first-order chi connectivity index (χ1) is 8.33. The molecule has 2 aliphatic rings. The van der Waals surface area contributed by atoms with Crippen LogP contribution in [0.25, 0.3) is 0 Å². The molecular weight excluding hydrogens is 230 g/mol. The lowest BCUT2D eigenvalue weighted by Crippen LogP contribution is -2.49. The number of hydrogen-bond donors (Lipinski definition) is 0. The second kappa shape index (κ2) is 7.11. The molecule has 116 valence electrons. The van der Waals surface area contributed by atoms with Crippen LogP contribution < -0.4 is 0 Å². The Kier molecular flexibility index (Phi) is 7.09. The van der Waals surface area contributed by atoms with Crippen molar-refractivity contribution in [3.8, 4) is 0 Å². The fourth-order valence-electron chi connectivity index (χ4n) is 4.15. The summed E-state index contributed by atoms with van der Waals surface area (Å²) in [4.78, 5) is 2.67. The number of rotatable bonds is 0. The van der Waals surface area contributed by atoms with E-state index in [0.29, 0.717) is 11.0 Å². The molecule has 19 heavy (non-hydrogen) atoms. The number of piperidine rings is 1. The SMILES string of the molecule is C.CC.CC1CC(C)C2(CCN(C(C)(C)C)CC2)C1. The summed E-state index contributed by atoms with van der Waals surface area (Å²) in [6.45, 7) is 18.6. The molecule has 0 N–H and O–H groups in total. The minimum atomic E-state index is 0. The van der Waals surface area contributed by atoms with Gasteiger partial charge >= 0.3 is 0 Å². The van der Waals surface area contributed by atoms with Crippen molar-refractivity contribution in [3.05, 3.63) is 0 Å². The molecule has 1 aliphatic heterocycles. The molecule has 0 radical (unpaired) electrons. The molecule has 2 atom stereocenters. The van der Waals surface area contributed by atoms with Crippen molar-refractivity contribution < 1.29 is 0 Å². The van der Waals surface area contributed by atoms with Gasteiger partial charge in [-0.3, -0.25) is 4.90 Å². The first-order valence-corrected chi connectivity index (χ1v) is 8.08. The van der Waals surface area contributed by atoms with Gasteiger partial charge in [-0.15, -0.1) is 0 Å². The normalized spacial score (nSPS) is 30.5. The second-order valence-corrected chi connectivity index (χ2v) is 7.47. The highest BCUT2D eigenvalue weighted by Crippen LogP contribution is 2.52. The zero-order valence-electron chi connectivity index (χ0n) is 13.8. The van der Waals surface area contributed by atoms with Gasteiger partial charge in [0, 0.05) is 5.54 Å². The van der Waals surface area contributed by atoms with Gasteiger partial charge in [0.2, 0.25) is 0 Å². The Labute approximate surface area is 123 Å². The van der Waals surface area contributed by atoms with Gasteiger partial charge in [0.1, 0.15) is 0 Å². The van der Waals surface area contributed by atoms with Crippen LogP contribution in [-0.4, -0.2) is 23.5 Å². The Morgan fingerprint density at radius 2 is 1.47 bits per heavy atom. The van der Waals surface area contributed by atoms with E-state index in [4.69, 9.17) is 0 Å². The fraction of sp³-hybridized carbons (Fsp3) is 1.00. The summed E-state index contributed by atoms with van der Waals surface area (Å²) in [7, 11) is 0. The molecule has 1 heteroatoms. The molecule has 2 rings (SSSR count). The lowest BCUT2D eigenvalue weighted by molar-refractivity contribution is 0.0246. The maximum atomic E-state index is 2.67. The number of likely N-dealkylation sites (tertiary alicyclic amines) is 1. The topological polar surface area (TPSA) is 3.24 Å². The Hall–Kier alpha value is -0.0400. The third-order valence-corrected chi connectivity index (χ3v) is 5.26. The van der Waals surface area contributed by atoms with Crippen LogP contribution in [0.5, 0.6) is 0 Å². The third kappa shape index (κ3) is 4.21. The predicted octanol–water partition coefficient (Wildman–Crippen LogP) is 5.60. The lowest BCUT2D eigenvalue weighted by atomic mass is 9.70. The van der Waals surface area contributed by atoms with Crippen molar-refractivity contribution in [3.63, 3.8) is 0 Å². The van der Waals surface area contributed by atoms with Crippen LogP contribution in [0.15, 0.2) is 0 Å². The summed E-state index contributed by atoms with van der Waals surface area (Å²) in [5.74, 6) is 1.93. The summed E-state index contributed by atoms with van der Waals surface area (Å²) in [5.41, 5.74) is 1.08. The van der Waals surface area contributed by atoms with Crippen molar-refractivity contribution in [2.75, 3.05) is 13.1 Å². The first kappa shape index (κ1) is 19.0. The van der Waals surface area contributed by atoms with Crippen LogP contribution in [-0.2, 0) is 0 Å².